The minimum Gasteiger partial charge on any atom is -0.453 e. The number of hydrogen-bond acceptors (Lipinski definition) is 3. The van der Waals surface area contributed by atoms with Gasteiger partial charge in [0.25, 0.3) is 0 Å². The smallest absolute Gasteiger partial charge is 0.407 e. The van der Waals surface area contributed by atoms with Gasteiger partial charge in [-0.2, -0.15) is 0 Å². The number of carbonyl (C=O) groups excluding carboxylic acids is 1. The van der Waals surface area contributed by atoms with E-state index in [-0.39, 0.29) is 12.6 Å². The molecule has 0 bridgehead atoms. The molecule has 4 heteroatoms. The lowest BCUT2D eigenvalue weighted by molar-refractivity contribution is 0.156. The molecule has 0 rings (SSSR count). The van der Waals surface area contributed by atoms with E-state index in [1.807, 2.05) is 6.92 Å². The minimum atomic E-state index is -0.499. The van der Waals surface area contributed by atoms with Crippen LogP contribution >= 0.6 is 0 Å². The Bertz CT molecular complexity index is 101. The van der Waals surface area contributed by atoms with Crippen molar-refractivity contribution in [2.75, 3.05) is 13.7 Å². The third-order valence-electron chi connectivity index (χ3n) is 1.22. The summed E-state index contributed by atoms with van der Waals surface area (Å²) >= 11 is 0. The van der Waals surface area contributed by atoms with Crippen molar-refractivity contribution in [3.05, 3.63) is 0 Å². The van der Waals surface area contributed by atoms with Crippen LogP contribution in [0, 0.1) is 0 Å². The summed E-state index contributed by atoms with van der Waals surface area (Å²) in [5.74, 6) is 0. The van der Waals surface area contributed by atoms with Crippen molar-refractivity contribution in [2.45, 2.75) is 19.4 Å². The first-order valence-corrected chi connectivity index (χ1v) is 3.20. The Morgan fingerprint density at radius 3 is 2.70 bits per heavy atom. The molecule has 0 aliphatic heterocycles. The zero-order chi connectivity index (χ0) is 7.98. The molecule has 1 amide bonds. The Balaban J connectivity index is 3.52. The second-order valence-electron chi connectivity index (χ2n) is 1.92. The van der Waals surface area contributed by atoms with E-state index >= 15 is 0 Å². The summed E-state index contributed by atoms with van der Waals surface area (Å²) in [6.45, 7) is 1.82. The van der Waals surface area contributed by atoms with Crippen LogP contribution in [0.1, 0.15) is 13.3 Å². The molecule has 0 saturated heterocycles. The molecule has 0 radical (unpaired) electrons. The Labute approximate surface area is 60.2 Å². The van der Waals surface area contributed by atoms with Crippen molar-refractivity contribution in [3.63, 3.8) is 0 Å². The predicted octanol–water partition coefficient (Wildman–Crippen LogP) is 0.113. The van der Waals surface area contributed by atoms with Crippen molar-refractivity contribution >= 4 is 6.09 Å². The van der Waals surface area contributed by atoms with Crippen molar-refractivity contribution in [1.82, 2.24) is 5.32 Å². The van der Waals surface area contributed by atoms with Crippen LogP contribution in [0.5, 0.6) is 0 Å². The quantitative estimate of drug-likeness (QED) is 0.595. The summed E-state index contributed by atoms with van der Waals surface area (Å²) in [5, 5.41) is 11.1. The van der Waals surface area contributed by atoms with E-state index < -0.39 is 6.09 Å². The molecule has 0 unspecified atom stereocenters. The Kier molecular flexibility index (Phi) is 4.66. The first-order chi connectivity index (χ1) is 4.74. The van der Waals surface area contributed by atoms with E-state index in [1.54, 1.807) is 0 Å². The van der Waals surface area contributed by atoms with Crippen LogP contribution in [0.3, 0.4) is 0 Å². The molecule has 2 N–H and O–H groups in total. The molecule has 0 saturated carbocycles. The average Bonchev–Trinajstić information content (AvgIpc) is 1.99. The normalized spacial score (nSPS) is 12.3. The fraction of sp³-hybridized carbons (Fsp3) is 0.833. The molecule has 10 heavy (non-hydrogen) atoms. The third-order valence-corrected chi connectivity index (χ3v) is 1.22. The maximum absolute atomic E-state index is 10.5. The standard InChI is InChI=1S/C6H13NO3/c1-3-5(4-8)7-6(9)10-2/h5,8H,3-4H2,1-2H3,(H,7,9)/t5-/m1/s1. The van der Waals surface area contributed by atoms with Crippen molar-refractivity contribution in [3.8, 4) is 0 Å². The van der Waals surface area contributed by atoms with Gasteiger partial charge in [0.15, 0.2) is 0 Å². The van der Waals surface area contributed by atoms with Gasteiger partial charge in [0.05, 0.1) is 19.8 Å². The number of ether oxygens (including phenoxy) is 1. The highest BCUT2D eigenvalue weighted by atomic mass is 16.5. The summed E-state index contributed by atoms with van der Waals surface area (Å²) in [6.07, 6.45) is 0.201. The van der Waals surface area contributed by atoms with Gasteiger partial charge in [-0.3, -0.25) is 0 Å². The van der Waals surface area contributed by atoms with Gasteiger partial charge in [0.1, 0.15) is 0 Å². The lowest BCUT2D eigenvalue weighted by Gasteiger charge is -2.11. The summed E-state index contributed by atoms with van der Waals surface area (Å²) < 4.78 is 4.32. The van der Waals surface area contributed by atoms with Gasteiger partial charge in [-0.05, 0) is 6.42 Å². The first-order valence-electron chi connectivity index (χ1n) is 3.20. The molecule has 0 aliphatic rings. The Morgan fingerprint density at radius 1 is 1.80 bits per heavy atom. The average molecular weight is 147 g/mol. The van der Waals surface area contributed by atoms with E-state index in [0.29, 0.717) is 6.42 Å². The summed E-state index contributed by atoms with van der Waals surface area (Å²) in [4.78, 5) is 10.5. The van der Waals surface area contributed by atoms with Crippen LogP contribution in [0.4, 0.5) is 4.79 Å². The number of amides is 1. The van der Waals surface area contributed by atoms with Crippen LogP contribution in [0.2, 0.25) is 0 Å². The van der Waals surface area contributed by atoms with E-state index in [4.69, 9.17) is 5.11 Å². The molecule has 4 nitrogen and oxygen atoms in total. The monoisotopic (exact) mass is 147 g/mol. The lowest BCUT2D eigenvalue weighted by atomic mass is 10.2. The highest BCUT2D eigenvalue weighted by Crippen LogP contribution is 1.88. The maximum atomic E-state index is 10.5. The minimum absolute atomic E-state index is 0.0500. The molecular weight excluding hydrogens is 134 g/mol. The Morgan fingerprint density at radius 2 is 2.40 bits per heavy atom. The summed E-state index contributed by atoms with van der Waals surface area (Å²) in [5.41, 5.74) is 0. The van der Waals surface area contributed by atoms with E-state index in [1.165, 1.54) is 7.11 Å². The molecule has 0 spiro atoms. The second kappa shape index (κ2) is 5.05. The van der Waals surface area contributed by atoms with Gasteiger partial charge in [0.2, 0.25) is 0 Å². The highest BCUT2D eigenvalue weighted by molar-refractivity contribution is 5.67. The molecule has 0 aromatic rings. The molecule has 1 atom stereocenters. The number of methoxy groups -OCH3 is 1. The molecule has 0 aromatic heterocycles. The largest absolute Gasteiger partial charge is 0.453 e. The summed E-state index contributed by atoms with van der Waals surface area (Å²) in [6, 6.07) is -0.188. The van der Waals surface area contributed by atoms with Gasteiger partial charge >= 0.3 is 6.09 Å². The topological polar surface area (TPSA) is 58.6 Å². The SMILES string of the molecule is CC[C@H](CO)NC(=O)OC. The second-order valence-corrected chi connectivity index (χ2v) is 1.92. The van der Waals surface area contributed by atoms with E-state index in [0.717, 1.165) is 0 Å². The fourth-order valence-electron chi connectivity index (χ4n) is 0.502. The number of aliphatic hydroxyl groups excluding tert-OH is 1. The molecule has 0 heterocycles. The summed E-state index contributed by atoms with van der Waals surface area (Å²) in [7, 11) is 1.29. The van der Waals surface area contributed by atoms with Crippen molar-refractivity contribution in [1.29, 1.82) is 0 Å². The van der Waals surface area contributed by atoms with Gasteiger partial charge in [-0.1, -0.05) is 6.92 Å². The number of alkyl carbamates (subject to hydrolysis) is 1. The first kappa shape index (κ1) is 9.23. The molecule has 0 aliphatic carbocycles. The number of carbonyl (C=O) groups is 1. The lowest BCUT2D eigenvalue weighted by Crippen LogP contribution is -2.36. The van der Waals surface area contributed by atoms with Gasteiger partial charge in [-0.15, -0.1) is 0 Å². The zero-order valence-electron chi connectivity index (χ0n) is 6.26. The zero-order valence-corrected chi connectivity index (χ0v) is 6.26. The Hall–Kier alpha value is -0.770. The molecule has 0 aromatic carbocycles. The van der Waals surface area contributed by atoms with Crippen LogP contribution in [-0.4, -0.2) is 31.0 Å². The third kappa shape index (κ3) is 3.29. The van der Waals surface area contributed by atoms with E-state index in [9.17, 15) is 4.79 Å². The van der Waals surface area contributed by atoms with Crippen molar-refractivity contribution < 1.29 is 14.6 Å². The van der Waals surface area contributed by atoms with Gasteiger partial charge < -0.3 is 15.2 Å². The predicted molar refractivity (Wildman–Crippen MR) is 36.7 cm³/mol. The van der Waals surface area contributed by atoms with Gasteiger partial charge in [-0.25, -0.2) is 4.79 Å². The van der Waals surface area contributed by atoms with Crippen LogP contribution in [0.15, 0.2) is 0 Å². The number of hydrogen-bond donors (Lipinski definition) is 2. The van der Waals surface area contributed by atoms with Crippen LogP contribution in [-0.2, 0) is 4.74 Å². The van der Waals surface area contributed by atoms with E-state index in [2.05, 4.69) is 10.1 Å². The molecule has 0 fully saturated rings. The number of rotatable bonds is 3. The van der Waals surface area contributed by atoms with Gasteiger partial charge in [0, 0.05) is 0 Å². The number of aliphatic hydroxyl groups is 1. The maximum Gasteiger partial charge on any atom is 0.407 e. The fourth-order valence-corrected chi connectivity index (χ4v) is 0.502. The highest BCUT2D eigenvalue weighted by Gasteiger charge is 2.07. The van der Waals surface area contributed by atoms with Crippen molar-refractivity contribution in [2.24, 2.45) is 0 Å². The number of nitrogens with one attached hydrogen (secondary N) is 1. The molecular formula is C6H13NO3. The van der Waals surface area contributed by atoms with Crippen LogP contribution in [0.25, 0.3) is 0 Å². The molecule has 60 valence electrons. The van der Waals surface area contributed by atoms with Crippen LogP contribution < -0.4 is 5.32 Å².